The summed E-state index contributed by atoms with van der Waals surface area (Å²) in [7, 11) is 3.99. The second-order valence-electron chi connectivity index (χ2n) is 12.2. The van der Waals surface area contributed by atoms with Gasteiger partial charge in [0.1, 0.15) is 0 Å². The summed E-state index contributed by atoms with van der Waals surface area (Å²) in [4.78, 5) is 16.0. The fraction of sp³-hybridized carbons (Fsp3) is 0.500. The topological polar surface area (TPSA) is 69.4 Å². The van der Waals surface area contributed by atoms with Crippen LogP contribution in [0.25, 0.3) is 11.2 Å². The van der Waals surface area contributed by atoms with Gasteiger partial charge < -0.3 is 10.2 Å². The highest BCUT2D eigenvalue weighted by Crippen LogP contribution is 2.46. The first kappa shape index (κ1) is 26.6. The number of halogens is 3. The first-order chi connectivity index (χ1) is 19.7. The second kappa shape index (κ2) is 9.90. The number of hydrogen-bond acceptors (Lipinski definition) is 5. The zero-order chi connectivity index (χ0) is 28.5. The highest BCUT2D eigenvalue weighted by atomic mass is 19.4. The van der Waals surface area contributed by atoms with Crippen molar-refractivity contribution in [2.45, 2.75) is 62.2 Å². The van der Waals surface area contributed by atoms with Crippen LogP contribution in [0.3, 0.4) is 0 Å². The van der Waals surface area contributed by atoms with E-state index in [0.29, 0.717) is 17.2 Å². The van der Waals surface area contributed by atoms with E-state index in [2.05, 4.69) is 27.5 Å². The van der Waals surface area contributed by atoms with E-state index >= 15 is 0 Å². The third kappa shape index (κ3) is 4.72. The Kier molecular flexibility index (Phi) is 6.42. The SMILES string of the molecule is CN1CC2CC(c3cc(C(F)(F)F)c4cn(-c5cccc([C@H]([C]6N=NC=[N+]6C)C6CCC6)c5)c(=O)n4c3)CC(C1)N2. The Morgan fingerprint density at radius 3 is 2.49 bits per heavy atom. The van der Waals surface area contributed by atoms with Gasteiger partial charge in [0.2, 0.25) is 0 Å². The smallest absolute Gasteiger partial charge is 0.309 e. The van der Waals surface area contributed by atoms with E-state index < -0.39 is 17.4 Å². The molecule has 0 spiro atoms. The first-order valence-electron chi connectivity index (χ1n) is 14.4. The van der Waals surface area contributed by atoms with Gasteiger partial charge in [-0.2, -0.15) is 13.2 Å². The number of aromatic nitrogens is 2. The molecule has 1 aliphatic carbocycles. The van der Waals surface area contributed by atoms with Gasteiger partial charge in [0.05, 0.1) is 34.8 Å². The lowest BCUT2D eigenvalue weighted by molar-refractivity contribution is -0.480. The summed E-state index contributed by atoms with van der Waals surface area (Å²) in [5.41, 5.74) is 0.692. The minimum absolute atomic E-state index is 0.000297. The van der Waals surface area contributed by atoms with Crippen LogP contribution in [-0.2, 0) is 6.18 Å². The molecular weight excluding hydrogens is 531 g/mol. The van der Waals surface area contributed by atoms with E-state index in [9.17, 15) is 18.0 Å². The van der Waals surface area contributed by atoms with E-state index in [1.54, 1.807) is 18.6 Å². The Hall–Kier alpha value is -3.31. The third-order valence-electron chi connectivity index (χ3n) is 9.39. The number of alkyl halides is 3. The number of nitrogens with zero attached hydrogens (tertiary/aromatic N) is 6. The molecule has 0 amide bonds. The number of fused-ring (bicyclic) bond motifs is 3. The Morgan fingerprint density at radius 1 is 1.10 bits per heavy atom. The van der Waals surface area contributed by atoms with Crippen LogP contribution >= 0.6 is 0 Å². The Balaban J connectivity index is 1.30. The van der Waals surface area contributed by atoms with Crippen LogP contribution in [0.4, 0.5) is 13.2 Å². The monoisotopic (exact) mass is 565 g/mol. The van der Waals surface area contributed by atoms with Crippen molar-refractivity contribution < 1.29 is 17.7 Å². The summed E-state index contributed by atoms with van der Waals surface area (Å²) in [6.45, 7) is 1.73. The summed E-state index contributed by atoms with van der Waals surface area (Å²) >= 11 is 0. The molecule has 2 bridgehead atoms. The van der Waals surface area contributed by atoms with Crippen molar-refractivity contribution in [1.29, 1.82) is 0 Å². The van der Waals surface area contributed by atoms with Crippen LogP contribution < -0.4 is 11.0 Å². The van der Waals surface area contributed by atoms with E-state index in [1.807, 2.05) is 29.8 Å². The van der Waals surface area contributed by atoms with Gasteiger partial charge in [-0.15, -0.1) is 0 Å². The van der Waals surface area contributed by atoms with Gasteiger partial charge in [-0.05, 0) is 79.0 Å². The molecule has 3 fully saturated rings. The standard InChI is InChI=1S/C30H34F3N7O/c1-37-14-22-9-20(10-23(15-37)35-22)21-12-25(30(31,32)33)26-16-39(29(41)40(26)13-21)24-8-4-7-19(11-24)27(18-5-3-6-18)28-36-34-17-38(28)2/h4,7-8,11-13,16-18,20,22-23,27,35H,3,5-6,9-10,14-15H2,1-2H3/q+1/t20?,22?,23?,27-/m1/s1. The van der Waals surface area contributed by atoms with Crippen LogP contribution in [0, 0.1) is 12.1 Å². The molecule has 1 radical (unpaired) electrons. The number of piperidine rings is 1. The van der Waals surface area contributed by atoms with Crippen molar-refractivity contribution in [1.82, 2.24) is 19.2 Å². The van der Waals surface area contributed by atoms with Gasteiger partial charge in [0.25, 0.3) is 0 Å². The van der Waals surface area contributed by atoms with Crippen molar-refractivity contribution in [2.24, 2.45) is 16.1 Å². The first-order valence-corrected chi connectivity index (χ1v) is 14.4. The number of imidazole rings is 1. The normalized spacial score (nSPS) is 26.4. The number of azo groups is 1. The van der Waals surface area contributed by atoms with Crippen molar-refractivity contribution in [3.8, 4) is 5.69 Å². The molecule has 1 aromatic carbocycles. The molecule has 7 rings (SSSR count). The predicted octanol–water partition coefficient (Wildman–Crippen LogP) is 4.77. The van der Waals surface area contributed by atoms with Gasteiger partial charge in [-0.25, -0.2) is 9.37 Å². The van der Waals surface area contributed by atoms with Crippen molar-refractivity contribution >= 4 is 11.9 Å². The van der Waals surface area contributed by atoms with E-state index in [4.69, 9.17) is 0 Å². The number of rotatable bonds is 5. The molecular formula is C30H34F3N7O+. The van der Waals surface area contributed by atoms with E-state index in [-0.39, 0.29) is 29.4 Å². The van der Waals surface area contributed by atoms with Crippen LogP contribution in [-0.4, -0.2) is 64.1 Å². The van der Waals surface area contributed by atoms with Crippen molar-refractivity contribution in [2.75, 3.05) is 27.2 Å². The number of pyridine rings is 1. The molecule has 5 heterocycles. The largest absolute Gasteiger partial charge is 0.418 e. The minimum atomic E-state index is -4.59. The Morgan fingerprint density at radius 2 is 1.85 bits per heavy atom. The molecule has 2 unspecified atom stereocenters. The fourth-order valence-electron chi connectivity index (χ4n) is 7.30. The maximum atomic E-state index is 14.4. The molecule has 41 heavy (non-hydrogen) atoms. The van der Waals surface area contributed by atoms with Gasteiger partial charge in [0.15, 0.2) is 0 Å². The fourth-order valence-corrected chi connectivity index (χ4v) is 7.30. The second-order valence-corrected chi connectivity index (χ2v) is 12.2. The summed E-state index contributed by atoms with van der Waals surface area (Å²) in [5.74, 6) is 0.361. The van der Waals surface area contributed by atoms with Gasteiger partial charge in [-0.1, -0.05) is 18.6 Å². The summed E-state index contributed by atoms with van der Waals surface area (Å²) in [6, 6.07) is 9.28. The van der Waals surface area contributed by atoms with Crippen molar-refractivity contribution in [3.63, 3.8) is 0 Å². The van der Waals surface area contributed by atoms with Crippen LogP contribution in [0.2, 0.25) is 0 Å². The zero-order valence-corrected chi connectivity index (χ0v) is 23.2. The molecule has 3 atom stereocenters. The average Bonchev–Trinajstić information content (AvgIpc) is 3.47. The molecule has 4 aliphatic rings. The van der Waals surface area contributed by atoms with Crippen LogP contribution in [0.15, 0.2) is 57.7 Å². The molecule has 1 N–H and O–H groups in total. The lowest BCUT2D eigenvalue weighted by Gasteiger charge is -2.44. The number of benzene rings is 1. The Labute approximate surface area is 236 Å². The maximum Gasteiger partial charge on any atom is 0.418 e. The van der Waals surface area contributed by atoms with E-state index in [1.165, 1.54) is 21.2 Å². The molecule has 3 aliphatic heterocycles. The molecule has 2 saturated heterocycles. The molecule has 2 aromatic heterocycles. The summed E-state index contributed by atoms with van der Waals surface area (Å²) in [6.07, 6.45) is 5.70. The molecule has 3 aromatic rings. The number of likely N-dealkylation sites (tertiary alicyclic amines) is 1. The Bertz CT molecular complexity index is 1580. The lowest BCUT2D eigenvalue weighted by Crippen LogP contribution is -2.58. The summed E-state index contributed by atoms with van der Waals surface area (Å²) in [5, 5.41) is 12.1. The average molecular weight is 566 g/mol. The van der Waals surface area contributed by atoms with Gasteiger partial charge >= 0.3 is 24.4 Å². The molecule has 8 nitrogen and oxygen atoms in total. The predicted molar refractivity (Wildman–Crippen MR) is 149 cm³/mol. The highest BCUT2D eigenvalue weighted by molar-refractivity contribution is 5.58. The van der Waals surface area contributed by atoms with Crippen molar-refractivity contribution in [3.05, 3.63) is 76.1 Å². The zero-order valence-electron chi connectivity index (χ0n) is 23.2. The number of nitrogens with one attached hydrogen (secondary N) is 1. The van der Waals surface area contributed by atoms with Crippen LogP contribution in [0.5, 0.6) is 0 Å². The maximum absolute atomic E-state index is 14.4. The van der Waals surface area contributed by atoms with E-state index in [0.717, 1.165) is 56.9 Å². The molecule has 1 saturated carbocycles. The van der Waals surface area contributed by atoms with Gasteiger partial charge in [-0.3, -0.25) is 8.97 Å². The molecule has 215 valence electrons. The number of hydrogen-bond donors (Lipinski definition) is 1. The summed E-state index contributed by atoms with van der Waals surface area (Å²) < 4.78 is 47.7. The third-order valence-corrected chi connectivity index (χ3v) is 9.39. The number of piperazine rings is 1. The van der Waals surface area contributed by atoms with Gasteiger partial charge in [0, 0.05) is 37.6 Å². The molecule has 11 heteroatoms. The lowest BCUT2D eigenvalue weighted by atomic mass is 9.71. The quantitative estimate of drug-likeness (QED) is 0.454. The van der Waals surface area contributed by atoms with Crippen LogP contribution in [0.1, 0.15) is 60.6 Å². The minimum Gasteiger partial charge on any atom is -0.309 e. The highest BCUT2D eigenvalue weighted by Gasteiger charge is 2.42. The number of likely N-dealkylation sites (N-methyl/N-ethyl adjacent to an activating group) is 2.